The lowest BCUT2D eigenvalue weighted by molar-refractivity contribution is -0.0191. The standard InChI is InChI=1S/C23H32N4O4/c1-15-5-7-17(8-6-15)25-22(29)19-20(28)18-4-3-9-24-21(18)27(23(19)30)11-10-26-12-13-31-16(2)14-26/h3-4,9,15-17,28H,5-8,10-14H2,1-2H3,(H,25,29)/t15-,16-,17+/m0/s1. The molecule has 2 aromatic rings. The number of morpholine rings is 1. The van der Waals surface area contributed by atoms with Crippen LogP contribution in [0, 0.1) is 5.92 Å². The third-order valence-electron chi connectivity index (χ3n) is 6.54. The van der Waals surface area contributed by atoms with Gasteiger partial charge in [-0.3, -0.25) is 19.1 Å². The van der Waals surface area contributed by atoms with Crippen molar-refractivity contribution in [3.8, 4) is 5.75 Å². The number of ether oxygens (including phenoxy) is 1. The molecule has 0 radical (unpaired) electrons. The van der Waals surface area contributed by atoms with Crippen molar-refractivity contribution < 1.29 is 14.6 Å². The molecule has 1 saturated heterocycles. The summed E-state index contributed by atoms with van der Waals surface area (Å²) in [5.74, 6) is -0.124. The van der Waals surface area contributed by atoms with E-state index in [2.05, 4.69) is 22.1 Å². The van der Waals surface area contributed by atoms with Gasteiger partial charge in [-0.2, -0.15) is 0 Å². The first-order valence-corrected chi connectivity index (χ1v) is 11.3. The van der Waals surface area contributed by atoms with Gasteiger partial charge in [0.05, 0.1) is 18.1 Å². The van der Waals surface area contributed by atoms with Crippen LogP contribution in [0.5, 0.6) is 5.75 Å². The molecule has 1 atom stereocenters. The minimum Gasteiger partial charge on any atom is -0.506 e. The first-order chi connectivity index (χ1) is 14.9. The molecule has 1 saturated carbocycles. The summed E-state index contributed by atoms with van der Waals surface area (Å²) in [4.78, 5) is 33.0. The Morgan fingerprint density at radius 3 is 2.77 bits per heavy atom. The number of hydrogen-bond donors (Lipinski definition) is 2. The number of fused-ring (bicyclic) bond motifs is 1. The summed E-state index contributed by atoms with van der Waals surface area (Å²) >= 11 is 0. The van der Waals surface area contributed by atoms with Gasteiger partial charge in [-0.05, 0) is 50.7 Å². The molecule has 1 amide bonds. The third kappa shape index (κ3) is 4.75. The van der Waals surface area contributed by atoms with Crippen molar-refractivity contribution in [2.45, 2.75) is 58.2 Å². The summed E-state index contributed by atoms with van der Waals surface area (Å²) in [5, 5.41) is 14.2. The fourth-order valence-electron chi connectivity index (χ4n) is 4.67. The highest BCUT2D eigenvalue weighted by Gasteiger charge is 2.27. The van der Waals surface area contributed by atoms with E-state index in [1.54, 1.807) is 18.3 Å². The lowest BCUT2D eigenvalue weighted by Gasteiger charge is -2.31. The number of carbonyl (C=O) groups excluding carboxylic acids is 1. The molecule has 3 heterocycles. The Morgan fingerprint density at radius 2 is 2.03 bits per heavy atom. The molecule has 31 heavy (non-hydrogen) atoms. The second kappa shape index (κ2) is 9.36. The fourth-order valence-corrected chi connectivity index (χ4v) is 4.67. The zero-order valence-electron chi connectivity index (χ0n) is 18.3. The van der Waals surface area contributed by atoms with E-state index in [9.17, 15) is 14.7 Å². The van der Waals surface area contributed by atoms with Crippen molar-refractivity contribution in [2.24, 2.45) is 5.92 Å². The third-order valence-corrected chi connectivity index (χ3v) is 6.54. The average Bonchev–Trinajstić information content (AvgIpc) is 2.75. The van der Waals surface area contributed by atoms with Crippen LogP contribution in [-0.2, 0) is 11.3 Å². The summed E-state index contributed by atoms with van der Waals surface area (Å²) < 4.78 is 7.11. The number of hydrogen-bond acceptors (Lipinski definition) is 6. The van der Waals surface area contributed by atoms with E-state index in [1.165, 1.54) is 4.57 Å². The van der Waals surface area contributed by atoms with Crippen LogP contribution < -0.4 is 10.9 Å². The molecule has 0 unspecified atom stereocenters. The molecule has 168 valence electrons. The van der Waals surface area contributed by atoms with Gasteiger partial charge in [-0.1, -0.05) is 6.92 Å². The SMILES string of the molecule is C[C@H]1CN(CCn2c(=O)c(C(=O)N[C@H]3CC[C@@H](C)CC3)c(O)c3cccnc32)CCO1. The quantitative estimate of drug-likeness (QED) is 0.757. The normalized spacial score (nSPS) is 24.9. The van der Waals surface area contributed by atoms with Gasteiger partial charge in [0.15, 0.2) is 0 Å². The Labute approximate surface area is 182 Å². The predicted molar refractivity (Wildman–Crippen MR) is 118 cm³/mol. The van der Waals surface area contributed by atoms with Crippen molar-refractivity contribution in [2.75, 3.05) is 26.2 Å². The number of nitrogens with one attached hydrogen (secondary N) is 1. The van der Waals surface area contributed by atoms with E-state index in [1.807, 2.05) is 6.92 Å². The zero-order valence-corrected chi connectivity index (χ0v) is 18.3. The Bertz CT molecular complexity index is 997. The number of rotatable bonds is 5. The van der Waals surface area contributed by atoms with Gasteiger partial charge in [0.25, 0.3) is 11.5 Å². The number of carbonyl (C=O) groups is 1. The van der Waals surface area contributed by atoms with E-state index in [0.717, 1.165) is 38.8 Å². The summed E-state index contributed by atoms with van der Waals surface area (Å²) in [6.07, 6.45) is 5.65. The molecule has 0 aromatic carbocycles. The van der Waals surface area contributed by atoms with Crippen molar-refractivity contribution in [3.05, 3.63) is 34.2 Å². The van der Waals surface area contributed by atoms with Crippen LogP contribution in [0.25, 0.3) is 11.0 Å². The molecule has 1 aliphatic carbocycles. The summed E-state index contributed by atoms with van der Waals surface area (Å²) in [6, 6.07) is 3.43. The molecule has 2 N–H and O–H groups in total. The molecule has 1 aliphatic heterocycles. The Hall–Kier alpha value is -2.45. The number of aromatic hydroxyl groups is 1. The highest BCUT2D eigenvalue weighted by molar-refractivity contribution is 6.01. The van der Waals surface area contributed by atoms with Crippen LogP contribution in [0.1, 0.15) is 49.9 Å². The summed E-state index contributed by atoms with van der Waals surface area (Å²) in [6.45, 7) is 7.55. The maximum atomic E-state index is 13.3. The van der Waals surface area contributed by atoms with Crippen LogP contribution in [-0.4, -0.2) is 63.9 Å². The number of amides is 1. The van der Waals surface area contributed by atoms with Crippen molar-refractivity contribution in [1.29, 1.82) is 0 Å². The molecule has 2 aliphatic rings. The van der Waals surface area contributed by atoms with E-state index in [-0.39, 0.29) is 23.5 Å². The molecule has 0 bridgehead atoms. The minimum absolute atomic E-state index is 0.0374. The molecule has 2 aromatic heterocycles. The number of nitrogens with zero attached hydrogens (tertiary/aromatic N) is 3. The lowest BCUT2D eigenvalue weighted by Crippen LogP contribution is -2.44. The van der Waals surface area contributed by atoms with Crippen LogP contribution >= 0.6 is 0 Å². The first-order valence-electron chi connectivity index (χ1n) is 11.3. The maximum Gasteiger partial charge on any atom is 0.268 e. The topological polar surface area (TPSA) is 96.7 Å². The second-order valence-corrected chi connectivity index (χ2v) is 8.97. The summed E-state index contributed by atoms with van der Waals surface area (Å²) in [7, 11) is 0. The second-order valence-electron chi connectivity index (χ2n) is 8.97. The lowest BCUT2D eigenvalue weighted by atomic mass is 9.87. The largest absolute Gasteiger partial charge is 0.506 e. The van der Waals surface area contributed by atoms with Crippen LogP contribution in [0.3, 0.4) is 0 Å². The van der Waals surface area contributed by atoms with E-state index < -0.39 is 11.5 Å². The van der Waals surface area contributed by atoms with Crippen molar-refractivity contribution >= 4 is 16.9 Å². The Kier molecular flexibility index (Phi) is 6.57. The molecule has 0 spiro atoms. The monoisotopic (exact) mass is 428 g/mol. The van der Waals surface area contributed by atoms with Gasteiger partial charge in [0.1, 0.15) is 17.0 Å². The van der Waals surface area contributed by atoms with Crippen LogP contribution in [0.4, 0.5) is 0 Å². The average molecular weight is 429 g/mol. The molecule has 8 nitrogen and oxygen atoms in total. The van der Waals surface area contributed by atoms with Gasteiger partial charge in [-0.15, -0.1) is 0 Å². The van der Waals surface area contributed by atoms with E-state index in [4.69, 9.17) is 4.74 Å². The van der Waals surface area contributed by atoms with Gasteiger partial charge in [0.2, 0.25) is 0 Å². The first kappa shape index (κ1) is 21.8. The van der Waals surface area contributed by atoms with Gasteiger partial charge < -0.3 is 15.2 Å². The van der Waals surface area contributed by atoms with Gasteiger partial charge >= 0.3 is 0 Å². The Morgan fingerprint density at radius 1 is 1.26 bits per heavy atom. The van der Waals surface area contributed by atoms with Crippen molar-refractivity contribution in [1.82, 2.24) is 19.8 Å². The molecule has 2 fully saturated rings. The van der Waals surface area contributed by atoms with E-state index in [0.29, 0.717) is 36.6 Å². The predicted octanol–water partition coefficient (Wildman–Crippen LogP) is 2.13. The highest BCUT2D eigenvalue weighted by Crippen LogP contribution is 2.27. The zero-order chi connectivity index (χ0) is 22.0. The highest BCUT2D eigenvalue weighted by atomic mass is 16.5. The van der Waals surface area contributed by atoms with E-state index >= 15 is 0 Å². The number of pyridine rings is 2. The van der Waals surface area contributed by atoms with Crippen molar-refractivity contribution in [3.63, 3.8) is 0 Å². The smallest absolute Gasteiger partial charge is 0.268 e. The van der Waals surface area contributed by atoms with Gasteiger partial charge in [-0.25, -0.2) is 4.98 Å². The van der Waals surface area contributed by atoms with Crippen LogP contribution in [0.2, 0.25) is 0 Å². The number of aromatic nitrogens is 2. The van der Waals surface area contributed by atoms with Gasteiger partial charge in [0, 0.05) is 38.4 Å². The Balaban J connectivity index is 1.62. The fraction of sp³-hybridized carbons (Fsp3) is 0.609. The summed E-state index contributed by atoms with van der Waals surface area (Å²) in [5.41, 5.74) is -0.282. The molecular weight excluding hydrogens is 396 g/mol. The molecule has 8 heteroatoms. The minimum atomic E-state index is -0.499. The maximum absolute atomic E-state index is 13.3. The van der Waals surface area contributed by atoms with Crippen LogP contribution in [0.15, 0.2) is 23.1 Å². The molecule has 4 rings (SSSR count). The molecular formula is C23H32N4O4.